The van der Waals surface area contributed by atoms with Crippen molar-refractivity contribution in [3.05, 3.63) is 58.1 Å². The molecule has 4 heterocycles. The van der Waals surface area contributed by atoms with Crippen LogP contribution < -0.4 is 14.4 Å². The highest BCUT2D eigenvalue weighted by molar-refractivity contribution is 7.91. The Labute approximate surface area is 332 Å². The molecular formula is C41H57ClN4O7S2. The summed E-state index contributed by atoms with van der Waals surface area (Å²) in [6, 6.07) is 11.5. The van der Waals surface area contributed by atoms with Crippen LogP contribution in [0.1, 0.15) is 80.3 Å². The number of hydrogen-bond donors (Lipinski definition) is 1. The SMILES string of the molecule is CO[C@]1(CN2CCN3CCS(=O)(=O)C[C@@H]3C2)CCC[C@H](C)[C@@H](C)S(=O)(=O)NC(=O)c2ccc3c(c2)N(C[C@@H]2CC[C@H]21)C[C@@]1(CCCc2cc(Cl)ccc21)CO3. The molecular weight excluding hydrogens is 760 g/mol. The van der Waals surface area contributed by atoms with Crippen LogP contribution in [0.15, 0.2) is 36.4 Å². The summed E-state index contributed by atoms with van der Waals surface area (Å²) in [7, 11) is -5.20. The molecule has 0 radical (unpaired) electrons. The molecule has 1 saturated carbocycles. The number of nitrogens with zero attached hydrogens (tertiary/aromatic N) is 3. The molecule has 2 saturated heterocycles. The quantitative estimate of drug-likeness (QED) is 0.458. The zero-order valence-corrected chi connectivity index (χ0v) is 34.9. The molecule has 2 aromatic rings. The molecule has 8 rings (SSSR count). The topological polar surface area (TPSA) is 126 Å². The van der Waals surface area contributed by atoms with Gasteiger partial charge in [0.15, 0.2) is 9.84 Å². The molecule has 2 bridgehead atoms. The number of sulfonamides is 1. The number of benzene rings is 2. The minimum absolute atomic E-state index is 0.0154. The fourth-order valence-corrected chi connectivity index (χ4v) is 13.9. The van der Waals surface area contributed by atoms with Gasteiger partial charge in [0.2, 0.25) is 10.0 Å². The number of ether oxygens (including phenoxy) is 2. The molecule has 3 fully saturated rings. The summed E-state index contributed by atoms with van der Waals surface area (Å²) in [5.74, 6) is 0.841. The van der Waals surface area contributed by atoms with Crippen molar-refractivity contribution in [1.29, 1.82) is 0 Å². The molecule has 4 aliphatic heterocycles. The lowest BCUT2D eigenvalue weighted by Gasteiger charge is -2.54. The summed E-state index contributed by atoms with van der Waals surface area (Å²) < 4.78 is 68.5. The van der Waals surface area contributed by atoms with E-state index in [4.69, 9.17) is 21.1 Å². The van der Waals surface area contributed by atoms with Gasteiger partial charge in [0.05, 0.1) is 34.7 Å². The highest BCUT2D eigenvalue weighted by Gasteiger charge is 2.51. The Kier molecular flexibility index (Phi) is 10.8. The van der Waals surface area contributed by atoms with E-state index in [-0.39, 0.29) is 40.4 Å². The number of piperazine rings is 1. The van der Waals surface area contributed by atoms with Crippen LogP contribution in [0.2, 0.25) is 5.02 Å². The summed E-state index contributed by atoms with van der Waals surface area (Å²) in [6.45, 7) is 9.25. The van der Waals surface area contributed by atoms with Crippen molar-refractivity contribution in [3.63, 3.8) is 0 Å². The fraction of sp³-hybridized carbons (Fsp3) is 0.683. The average molecular weight is 818 g/mol. The van der Waals surface area contributed by atoms with Gasteiger partial charge in [0.25, 0.3) is 5.91 Å². The maximum atomic E-state index is 13.7. The summed E-state index contributed by atoms with van der Waals surface area (Å²) in [4.78, 5) is 20.9. The van der Waals surface area contributed by atoms with Crippen LogP contribution in [0.3, 0.4) is 0 Å². The third-order valence-electron chi connectivity index (χ3n) is 14.4. The molecule has 11 nitrogen and oxygen atoms in total. The number of fused-ring (bicyclic) bond motifs is 5. The first kappa shape index (κ1) is 39.4. The lowest BCUT2D eigenvalue weighted by atomic mass is 9.62. The number of anilines is 1. The number of halogens is 1. The van der Waals surface area contributed by atoms with E-state index in [1.54, 1.807) is 13.0 Å². The molecule has 6 aliphatic rings. The third-order valence-corrected chi connectivity index (χ3v) is 18.2. The monoisotopic (exact) mass is 816 g/mol. The first-order valence-electron chi connectivity index (χ1n) is 20.3. The molecule has 1 spiro atoms. The minimum atomic E-state index is -3.97. The molecule has 55 heavy (non-hydrogen) atoms. The van der Waals surface area contributed by atoms with Gasteiger partial charge in [0.1, 0.15) is 5.75 Å². The van der Waals surface area contributed by atoms with Gasteiger partial charge in [-0.2, -0.15) is 0 Å². The fourth-order valence-electron chi connectivity index (χ4n) is 10.8. The van der Waals surface area contributed by atoms with Crippen molar-refractivity contribution in [2.24, 2.45) is 17.8 Å². The minimum Gasteiger partial charge on any atom is -0.490 e. The van der Waals surface area contributed by atoms with E-state index >= 15 is 0 Å². The van der Waals surface area contributed by atoms with Gasteiger partial charge in [-0.05, 0) is 111 Å². The Morgan fingerprint density at radius 3 is 2.60 bits per heavy atom. The van der Waals surface area contributed by atoms with Crippen LogP contribution in [0.5, 0.6) is 5.75 Å². The van der Waals surface area contributed by atoms with Crippen LogP contribution in [-0.4, -0.2) is 120 Å². The van der Waals surface area contributed by atoms with Gasteiger partial charge < -0.3 is 14.4 Å². The number of methoxy groups -OCH3 is 1. The Bertz CT molecular complexity index is 2020. The van der Waals surface area contributed by atoms with E-state index in [0.29, 0.717) is 50.9 Å². The number of hydrogen-bond acceptors (Lipinski definition) is 10. The predicted molar refractivity (Wildman–Crippen MR) is 215 cm³/mol. The number of carbonyl (C=O) groups excluding carboxylic acids is 1. The lowest BCUT2D eigenvalue weighted by Crippen LogP contribution is -2.63. The molecule has 7 atom stereocenters. The number of amides is 1. The maximum absolute atomic E-state index is 13.7. The zero-order valence-electron chi connectivity index (χ0n) is 32.5. The number of carbonyl (C=O) groups is 1. The second kappa shape index (κ2) is 15.1. The second-order valence-electron chi connectivity index (χ2n) is 17.6. The smallest absolute Gasteiger partial charge is 0.264 e. The van der Waals surface area contributed by atoms with Crippen molar-refractivity contribution < 1.29 is 31.1 Å². The zero-order chi connectivity index (χ0) is 38.8. The normalized spacial score (nSPS) is 35.2. The van der Waals surface area contributed by atoms with Crippen LogP contribution in [-0.2, 0) is 36.4 Å². The second-order valence-corrected chi connectivity index (χ2v) is 22.3. The molecule has 302 valence electrons. The first-order valence-corrected chi connectivity index (χ1v) is 24.0. The molecule has 2 aromatic carbocycles. The third kappa shape index (κ3) is 7.67. The Hall–Kier alpha value is -2.42. The summed E-state index contributed by atoms with van der Waals surface area (Å²) >= 11 is 6.51. The van der Waals surface area contributed by atoms with Gasteiger partial charge in [-0.15, -0.1) is 0 Å². The predicted octanol–water partition coefficient (Wildman–Crippen LogP) is 4.91. The summed E-state index contributed by atoms with van der Waals surface area (Å²) in [6.07, 6.45) is 7.19. The van der Waals surface area contributed by atoms with Crippen LogP contribution in [0, 0.1) is 17.8 Å². The van der Waals surface area contributed by atoms with Gasteiger partial charge >= 0.3 is 0 Å². The van der Waals surface area contributed by atoms with Gasteiger partial charge in [0, 0.05) is 75.0 Å². The Morgan fingerprint density at radius 1 is 0.982 bits per heavy atom. The van der Waals surface area contributed by atoms with Gasteiger partial charge in [-0.25, -0.2) is 21.6 Å². The van der Waals surface area contributed by atoms with Crippen molar-refractivity contribution >= 4 is 43.1 Å². The van der Waals surface area contributed by atoms with Crippen LogP contribution >= 0.6 is 11.6 Å². The van der Waals surface area contributed by atoms with E-state index in [9.17, 15) is 21.6 Å². The van der Waals surface area contributed by atoms with E-state index in [1.807, 2.05) is 32.2 Å². The van der Waals surface area contributed by atoms with Crippen molar-refractivity contribution in [1.82, 2.24) is 14.5 Å². The average Bonchev–Trinajstić information content (AvgIpc) is 3.28. The molecule has 1 N–H and O–H groups in total. The molecule has 1 amide bonds. The largest absolute Gasteiger partial charge is 0.490 e. The van der Waals surface area contributed by atoms with Crippen LogP contribution in [0.4, 0.5) is 5.69 Å². The van der Waals surface area contributed by atoms with E-state index in [2.05, 4.69) is 31.6 Å². The van der Waals surface area contributed by atoms with Crippen molar-refractivity contribution in [2.75, 3.05) is 75.9 Å². The highest BCUT2D eigenvalue weighted by atomic mass is 35.5. The standard InChI is InChI=1S/C41H57ClN4O7S2/c1-28-6-4-15-41(52-3,26-44-16-17-45-18-19-54(48,49)24-34(45)23-44)36-11-8-32(36)22-46-25-40(14-5-7-30-20-33(42)10-12-35(30)40)27-53-38-13-9-31(21-37(38)46)39(47)43-55(50,51)29(28)2/h9-10,12-13,20-21,28-29,32,34,36H,4-8,11,14-19,22-27H2,1-3H3,(H,43,47)/t28-,29+,32-,34-,36+,40-,41-/m0/s1. The van der Waals surface area contributed by atoms with E-state index in [0.717, 1.165) is 75.3 Å². The van der Waals surface area contributed by atoms with Gasteiger partial charge in [-0.1, -0.05) is 31.0 Å². The van der Waals surface area contributed by atoms with Gasteiger partial charge in [-0.3, -0.25) is 14.6 Å². The first-order chi connectivity index (χ1) is 26.2. The van der Waals surface area contributed by atoms with Crippen LogP contribution in [0.25, 0.3) is 0 Å². The number of aryl methyl sites for hydroxylation is 1. The summed E-state index contributed by atoms with van der Waals surface area (Å²) in [5.41, 5.74) is 2.81. The number of sulfone groups is 1. The van der Waals surface area contributed by atoms with E-state index in [1.165, 1.54) is 11.1 Å². The lowest BCUT2D eigenvalue weighted by molar-refractivity contribution is -0.135. The molecule has 0 aromatic heterocycles. The summed E-state index contributed by atoms with van der Waals surface area (Å²) in [5, 5.41) is -0.0489. The Balaban J connectivity index is 1.17. The van der Waals surface area contributed by atoms with Crippen molar-refractivity contribution in [2.45, 2.75) is 87.5 Å². The molecule has 2 aliphatic carbocycles. The van der Waals surface area contributed by atoms with Crippen molar-refractivity contribution in [3.8, 4) is 5.75 Å². The highest BCUT2D eigenvalue weighted by Crippen LogP contribution is 2.50. The number of rotatable bonds is 3. The molecule has 0 unspecified atom stereocenters. The Morgan fingerprint density at radius 2 is 1.82 bits per heavy atom. The maximum Gasteiger partial charge on any atom is 0.264 e. The van der Waals surface area contributed by atoms with E-state index < -0.39 is 36.6 Å². The number of nitrogens with one attached hydrogen (secondary N) is 1. The molecule has 14 heteroatoms.